The molecule has 6 nitrogen and oxygen atoms in total. The largest absolute Gasteiger partial charge is 0.307 e. The molecule has 1 aromatic carbocycles. The maximum Gasteiger partial charge on any atom is 0.240 e. The van der Waals surface area contributed by atoms with E-state index in [2.05, 4.69) is 20.0 Å². The lowest BCUT2D eigenvalue weighted by Gasteiger charge is -2.10. The van der Waals surface area contributed by atoms with Gasteiger partial charge in [0.15, 0.2) is 0 Å². The van der Waals surface area contributed by atoms with Crippen molar-refractivity contribution in [2.75, 3.05) is 6.54 Å². The van der Waals surface area contributed by atoms with Crippen LogP contribution in [-0.4, -0.2) is 31.0 Å². The molecule has 1 unspecified atom stereocenters. The highest BCUT2D eigenvalue weighted by Crippen LogP contribution is 2.26. The molecule has 1 atom stereocenters. The maximum absolute atomic E-state index is 12.3. The Morgan fingerprint density at radius 2 is 1.88 bits per heavy atom. The van der Waals surface area contributed by atoms with Crippen LogP contribution in [0.1, 0.15) is 37.5 Å². The maximum atomic E-state index is 12.3. The molecule has 0 bridgehead atoms. The van der Waals surface area contributed by atoms with E-state index in [1.54, 1.807) is 30.6 Å². The molecule has 1 saturated heterocycles. The van der Waals surface area contributed by atoms with E-state index in [0.29, 0.717) is 0 Å². The summed E-state index contributed by atoms with van der Waals surface area (Å²) in [6, 6.07) is 7.25. The number of hydrogen-bond acceptors (Lipinski definition) is 5. The van der Waals surface area contributed by atoms with Gasteiger partial charge >= 0.3 is 0 Å². The van der Waals surface area contributed by atoms with E-state index in [9.17, 15) is 8.42 Å². The molecule has 2 heterocycles. The Labute approximate surface area is 141 Å². The molecular formula is C17H20N4O2S. The van der Waals surface area contributed by atoms with Gasteiger partial charge in [-0.1, -0.05) is 12.1 Å². The third-order valence-corrected chi connectivity index (χ3v) is 5.94. The van der Waals surface area contributed by atoms with E-state index in [1.165, 1.54) is 0 Å². The zero-order valence-corrected chi connectivity index (χ0v) is 14.1. The third kappa shape index (κ3) is 3.33. The molecule has 1 aliphatic heterocycles. The van der Waals surface area contributed by atoms with Crippen LogP contribution in [0.4, 0.5) is 0 Å². The van der Waals surface area contributed by atoms with Gasteiger partial charge < -0.3 is 5.32 Å². The highest BCUT2D eigenvalue weighted by Gasteiger charge is 2.28. The van der Waals surface area contributed by atoms with Crippen LogP contribution in [0.2, 0.25) is 0 Å². The van der Waals surface area contributed by atoms with Gasteiger partial charge in [0.1, 0.15) is 5.82 Å². The van der Waals surface area contributed by atoms with Crippen LogP contribution in [0.15, 0.2) is 41.6 Å². The number of rotatable bonds is 5. The summed E-state index contributed by atoms with van der Waals surface area (Å²) in [7, 11) is -3.45. The van der Waals surface area contributed by atoms with Gasteiger partial charge in [0.05, 0.1) is 10.9 Å². The van der Waals surface area contributed by atoms with E-state index in [-0.39, 0.29) is 17.0 Å². The van der Waals surface area contributed by atoms with Crippen molar-refractivity contribution in [3.63, 3.8) is 0 Å². The van der Waals surface area contributed by atoms with Gasteiger partial charge in [0, 0.05) is 24.0 Å². The molecule has 24 heavy (non-hydrogen) atoms. The molecule has 7 heteroatoms. The number of nitrogens with zero attached hydrogens (tertiary/aromatic N) is 2. The van der Waals surface area contributed by atoms with Gasteiger partial charge in [-0.3, -0.25) is 0 Å². The van der Waals surface area contributed by atoms with Crippen molar-refractivity contribution in [1.82, 2.24) is 20.0 Å². The Kier molecular flexibility index (Phi) is 4.07. The summed E-state index contributed by atoms with van der Waals surface area (Å²) in [6.45, 7) is 1.00. The summed E-state index contributed by atoms with van der Waals surface area (Å²) in [5.41, 5.74) is 1.62. The van der Waals surface area contributed by atoms with E-state index in [4.69, 9.17) is 0 Å². The van der Waals surface area contributed by atoms with Crippen molar-refractivity contribution < 1.29 is 8.42 Å². The van der Waals surface area contributed by atoms with E-state index in [0.717, 1.165) is 49.2 Å². The fraction of sp³-hybridized carbons (Fsp3) is 0.412. The van der Waals surface area contributed by atoms with Gasteiger partial charge in [-0.2, -0.15) is 0 Å². The fourth-order valence-corrected chi connectivity index (χ4v) is 4.25. The lowest BCUT2D eigenvalue weighted by Crippen LogP contribution is -2.25. The molecule has 1 aromatic heterocycles. The van der Waals surface area contributed by atoms with Crippen LogP contribution < -0.4 is 10.0 Å². The predicted octanol–water partition coefficient (Wildman–Crippen LogP) is 2.01. The van der Waals surface area contributed by atoms with E-state index >= 15 is 0 Å². The van der Waals surface area contributed by atoms with Gasteiger partial charge in [-0.05, 0) is 49.9 Å². The minimum absolute atomic E-state index is 0.0974. The monoisotopic (exact) mass is 344 g/mol. The summed E-state index contributed by atoms with van der Waals surface area (Å²) in [5.74, 6) is 0.801. The summed E-state index contributed by atoms with van der Waals surface area (Å²) in [6.07, 6.45) is 7.57. The topological polar surface area (TPSA) is 84.0 Å². The van der Waals surface area contributed by atoms with Crippen molar-refractivity contribution in [2.45, 2.75) is 42.7 Å². The standard InChI is InChI=1S/C17H20N4O2S/c22-24(23,21-14-6-7-14)15-4-1-3-12(9-15)13-10-19-17(20-11-13)16-5-2-8-18-16/h1,3-4,9-11,14,16,18,21H,2,5-8H2. The third-order valence-electron chi connectivity index (χ3n) is 4.42. The molecule has 0 amide bonds. The van der Waals surface area contributed by atoms with Crippen molar-refractivity contribution >= 4 is 10.0 Å². The number of hydrogen-bond donors (Lipinski definition) is 2. The summed E-state index contributed by atoms with van der Waals surface area (Å²) in [5, 5.41) is 3.37. The molecule has 2 aromatic rings. The van der Waals surface area contributed by atoms with Crippen LogP contribution >= 0.6 is 0 Å². The van der Waals surface area contributed by atoms with Gasteiger partial charge in [0.25, 0.3) is 0 Å². The molecular weight excluding hydrogens is 324 g/mol. The first kappa shape index (κ1) is 15.7. The first-order valence-electron chi connectivity index (χ1n) is 8.30. The normalized spacial score (nSPS) is 21.1. The van der Waals surface area contributed by atoms with Crippen LogP contribution in [0.5, 0.6) is 0 Å². The SMILES string of the molecule is O=S(=O)(NC1CC1)c1cccc(-c2cnc(C3CCCN3)nc2)c1. The van der Waals surface area contributed by atoms with Gasteiger partial charge in [-0.15, -0.1) is 0 Å². The quantitative estimate of drug-likeness (QED) is 0.867. The zero-order valence-electron chi connectivity index (χ0n) is 13.3. The zero-order chi connectivity index (χ0) is 16.6. The Morgan fingerprint density at radius 1 is 1.08 bits per heavy atom. The van der Waals surface area contributed by atoms with E-state index in [1.807, 2.05) is 6.07 Å². The van der Waals surface area contributed by atoms with Crippen molar-refractivity contribution in [3.8, 4) is 11.1 Å². The molecule has 1 saturated carbocycles. The highest BCUT2D eigenvalue weighted by atomic mass is 32.2. The van der Waals surface area contributed by atoms with Gasteiger partial charge in [0.2, 0.25) is 10.0 Å². The Balaban J connectivity index is 1.58. The molecule has 2 aliphatic rings. The number of sulfonamides is 1. The van der Waals surface area contributed by atoms with Crippen molar-refractivity contribution in [2.24, 2.45) is 0 Å². The summed E-state index contributed by atoms with van der Waals surface area (Å²) >= 11 is 0. The van der Waals surface area contributed by atoms with Crippen LogP contribution in [0, 0.1) is 0 Å². The Bertz CT molecular complexity index is 826. The molecule has 126 valence electrons. The lowest BCUT2D eigenvalue weighted by molar-refractivity contribution is 0.581. The first-order chi connectivity index (χ1) is 11.6. The fourth-order valence-electron chi connectivity index (χ4n) is 2.90. The smallest absolute Gasteiger partial charge is 0.240 e. The second-order valence-electron chi connectivity index (χ2n) is 6.40. The minimum Gasteiger partial charge on any atom is -0.307 e. The number of nitrogens with one attached hydrogen (secondary N) is 2. The highest BCUT2D eigenvalue weighted by molar-refractivity contribution is 7.89. The lowest BCUT2D eigenvalue weighted by atomic mass is 10.1. The molecule has 4 rings (SSSR count). The second-order valence-corrected chi connectivity index (χ2v) is 8.12. The Morgan fingerprint density at radius 3 is 2.54 bits per heavy atom. The molecule has 1 aliphatic carbocycles. The first-order valence-corrected chi connectivity index (χ1v) is 9.78. The van der Waals surface area contributed by atoms with Crippen LogP contribution in [-0.2, 0) is 10.0 Å². The van der Waals surface area contributed by atoms with Crippen molar-refractivity contribution in [1.29, 1.82) is 0 Å². The second kappa shape index (κ2) is 6.23. The molecule has 2 fully saturated rings. The van der Waals surface area contributed by atoms with Gasteiger partial charge in [-0.25, -0.2) is 23.1 Å². The number of aromatic nitrogens is 2. The summed E-state index contributed by atoms with van der Waals surface area (Å²) in [4.78, 5) is 9.18. The summed E-state index contributed by atoms with van der Waals surface area (Å²) < 4.78 is 27.4. The molecule has 2 N–H and O–H groups in total. The minimum atomic E-state index is -3.45. The number of benzene rings is 1. The molecule has 0 spiro atoms. The molecule has 0 radical (unpaired) electrons. The van der Waals surface area contributed by atoms with Crippen molar-refractivity contribution in [3.05, 3.63) is 42.5 Å². The van der Waals surface area contributed by atoms with E-state index < -0.39 is 10.0 Å². The van der Waals surface area contributed by atoms with Crippen LogP contribution in [0.3, 0.4) is 0 Å². The predicted molar refractivity (Wildman–Crippen MR) is 90.8 cm³/mol. The van der Waals surface area contributed by atoms with Crippen LogP contribution in [0.25, 0.3) is 11.1 Å². The average Bonchev–Trinajstić information content (AvgIpc) is 3.23. The Hall–Kier alpha value is -1.83. The average molecular weight is 344 g/mol.